The molecule has 9 heteroatoms. The third-order valence-electron chi connectivity index (χ3n) is 4.94. The van der Waals surface area contributed by atoms with Gasteiger partial charge in [0.2, 0.25) is 5.91 Å². The van der Waals surface area contributed by atoms with Crippen LogP contribution in [0.25, 0.3) is 0 Å². The van der Waals surface area contributed by atoms with Crippen LogP contribution >= 0.6 is 23.5 Å². The van der Waals surface area contributed by atoms with Crippen molar-refractivity contribution >= 4 is 41.1 Å². The average Bonchev–Trinajstić information content (AvgIpc) is 3.24. The van der Waals surface area contributed by atoms with E-state index in [1.165, 1.54) is 17.3 Å². The fraction of sp³-hybridized carbons (Fsp3) is 0.308. The average molecular weight is 511 g/mol. The van der Waals surface area contributed by atoms with Crippen molar-refractivity contribution < 1.29 is 14.3 Å². The monoisotopic (exact) mass is 510 g/mol. The fourth-order valence-corrected chi connectivity index (χ4v) is 4.68. The van der Waals surface area contributed by atoms with Gasteiger partial charge in [-0.3, -0.25) is 4.79 Å². The zero-order valence-electron chi connectivity index (χ0n) is 20.0. The predicted octanol–water partition coefficient (Wildman–Crippen LogP) is 5.75. The van der Waals surface area contributed by atoms with Crippen molar-refractivity contribution in [2.45, 2.75) is 49.0 Å². The molecule has 0 saturated carbocycles. The number of carbonyl (C=O) groups excluding carboxylic acids is 2. The summed E-state index contributed by atoms with van der Waals surface area (Å²) in [6.07, 6.45) is 3.57. The molecule has 7 nitrogen and oxygen atoms in total. The highest BCUT2D eigenvalue weighted by atomic mass is 32.2. The van der Waals surface area contributed by atoms with Crippen molar-refractivity contribution in [3.05, 3.63) is 78.1 Å². The van der Waals surface area contributed by atoms with Crippen molar-refractivity contribution in [1.29, 1.82) is 0 Å². The first kappa shape index (κ1) is 26.6. The Morgan fingerprint density at radius 3 is 2.69 bits per heavy atom. The highest BCUT2D eigenvalue weighted by Crippen LogP contribution is 2.25. The summed E-state index contributed by atoms with van der Waals surface area (Å²) >= 11 is 3.00. The van der Waals surface area contributed by atoms with Gasteiger partial charge in [0.05, 0.1) is 23.7 Å². The van der Waals surface area contributed by atoms with Gasteiger partial charge in [0.1, 0.15) is 5.82 Å². The van der Waals surface area contributed by atoms with E-state index in [4.69, 9.17) is 4.74 Å². The normalized spacial score (nSPS) is 10.7. The Morgan fingerprint density at radius 1 is 1.14 bits per heavy atom. The number of benzene rings is 2. The van der Waals surface area contributed by atoms with E-state index in [2.05, 4.69) is 53.3 Å². The van der Waals surface area contributed by atoms with E-state index in [9.17, 15) is 9.59 Å². The number of amides is 1. The number of allylic oxidation sites excluding steroid dienone is 1. The molecular weight excluding hydrogens is 480 g/mol. The minimum atomic E-state index is -0.391. The molecule has 35 heavy (non-hydrogen) atoms. The van der Waals surface area contributed by atoms with Gasteiger partial charge in [-0.25, -0.2) is 4.79 Å². The zero-order valence-corrected chi connectivity index (χ0v) is 21.7. The fourth-order valence-electron chi connectivity index (χ4n) is 3.07. The maximum Gasteiger partial charge on any atom is 0.338 e. The molecule has 3 rings (SSSR count). The van der Waals surface area contributed by atoms with Crippen LogP contribution < -0.4 is 5.32 Å². The van der Waals surface area contributed by atoms with E-state index in [-0.39, 0.29) is 11.7 Å². The number of hydrogen-bond donors (Lipinski definition) is 1. The molecule has 1 heterocycles. The number of thioether (sulfide) groups is 2. The number of carbonyl (C=O) groups is 2. The summed E-state index contributed by atoms with van der Waals surface area (Å²) in [5, 5.41) is 12.1. The minimum Gasteiger partial charge on any atom is -0.462 e. The lowest BCUT2D eigenvalue weighted by Gasteiger charge is -2.09. The van der Waals surface area contributed by atoms with Gasteiger partial charge >= 0.3 is 5.97 Å². The summed E-state index contributed by atoms with van der Waals surface area (Å²) in [5.74, 6) is 1.06. The lowest BCUT2D eigenvalue weighted by atomic mass is 10.2. The van der Waals surface area contributed by atoms with Crippen LogP contribution in [-0.4, -0.2) is 39.0 Å². The second kappa shape index (κ2) is 13.7. The van der Waals surface area contributed by atoms with Gasteiger partial charge in [-0.15, -0.1) is 28.5 Å². The summed E-state index contributed by atoms with van der Waals surface area (Å²) in [4.78, 5) is 25.9. The summed E-state index contributed by atoms with van der Waals surface area (Å²) in [6.45, 7) is 8.88. The standard InChI is InChI=1S/C26H30N4O3S2/c1-4-6-15-33-25(32)20-8-7-9-21(16-20)27-24(31)18-35-26-29-28-23(30(26)14-5-2)17-34-22-12-10-19(3)11-13-22/h5,7-13,16H,2,4,6,14-15,17-18H2,1,3H3,(H,27,31). The molecule has 0 saturated heterocycles. The first-order valence-corrected chi connectivity index (χ1v) is 13.4. The highest BCUT2D eigenvalue weighted by Gasteiger charge is 2.15. The van der Waals surface area contributed by atoms with E-state index < -0.39 is 5.97 Å². The van der Waals surface area contributed by atoms with Gasteiger partial charge in [-0.05, 0) is 43.7 Å². The maximum atomic E-state index is 12.6. The Morgan fingerprint density at radius 2 is 1.94 bits per heavy atom. The van der Waals surface area contributed by atoms with Crippen molar-refractivity contribution in [1.82, 2.24) is 14.8 Å². The van der Waals surface area contributed by atoms with Crippen molar-refractivity contribution in [3.8, 4) is 0 Å². The number of ether oxygens (including phenoxy) is 1. The number of aromatic nitrogens is 3. The Balaban J connectivity index is 1.56. The molecule has 3 aromatic rings. The molecule has 0 aliphatic rings. The molecule has 0 radical (unpaired) electrons. The van der Waals surface area contributed by atoms with Gasteiger partial charge in [0.25, 0.3) is 0 Å². The van der Waals surface area contributed by atoms with Crippen LogP contribution in [0, 0.1) is 6.92 Å². The van der Waals surface area contributed by atoms with Crippen LogP contribution in [0.1, 0.15) is 41.5 Å². The Kier molecular flexibility index (Phi) is 10.4. The Bertz CT molecular complexity index is 1150. The smallest absolute Gasteiger partial charge is 0.338 e. The number of nitrogens with zero attached hydrogens (tertiary/aromatic N) is 3. The summed E-state index contributed by atoms with van der Waals surface area (Å²) in [5.41, 5.74) is 2.18. The molecule has 0 aliphatic heterocycles. The van der Waals surface area contributed by atoms with Gasteiger partial charge in [-0.2, -0.15) is 0 Å². The van der Waals surface area contributed by atoms with Crippen LogP contribution in [0.2, 0.25) is 0 Å². The molecule has 0 aliphatic carbocycles. The third-order valence-corrected chi connectivity index (χ3v) is 6.91. The molecule has 184 valence electrons. The number of aryl methyl sites for hydroxylation is 1. The third kappa shape index (κ3) is 8.29. The maximum absolute atomic E-state index is 12.6. The number of anilines is 1. The molecule has 0 atom stereocenters. The van der Waals surface area contributed by atoms with Crippen LogP contribution in [0.3, 0.4) is 0 Å². The molecule has 0 unspecified atom stereocenters. The van der Waals surface area contributed by atoms with Crippen molar-refractivity contribution in [2.75, 3.05) is 17.7 Å². The second-order valence-corrected chi connectivity index (χ2v) is 9.80. The lowest BCUT2D eigenvalue weighted by Crippen LogP contribution is -2.15. The van der Waals surface area contributed by atoms with Gasteiger partial charge in [-0.1, -0.05) is 54.9 Å². The first-order chi connectivity index (χ1) is 17.0. The number of rotatable bonds is 13. The second-order valence-electron chi connectivity index (χ2n) is 7.81. The quantitative estimate of drug-likeness (QED) is 0.136. The Labute approximate surface area is 214 Å². The first-order valence-electron chi connectivity index (χ1n) is 11.4. The van der Waals surface area contributed by atoms with E-state index in [0.717, 1.165) is 23.6 Å². The largest absolute Gasteiger partial charge is 0.462 e. The van der Waals surface area contributed by atoms with Crippen LogP contribution in [-0.2, 0) is 21.8 Å². The lowest BCUT2D eigenvalue weighted by molar-refractivity contribution is -0.113. The zero-order chi connectivity index (χ0) is 25.0. The van der Waals surface area contributed by atoms with E-state index in [1.807, 2.05) is 11.5 Å². The molecular formula is C26H30N4O3S2. The van der Waals surface area contributed by atoms with Gasteiger partial charge in [0, 0.05) is 17.1 Å². The number of nitrogens with one attached hydrogen (secondary N) is 1. The van der Waals surface area contributed by atoms with Gasteiger partial charge in [0.15, 0.2) is 5.16 Å². The molecule has 1 N–H and O–H groups in total. The van der Waals surface area contributed by atoms with Crippen LogP contribution in [0.5, 0.6) is 0 Å². The SMILES string of the molecule is C=CCn1c(CSc2ccc(C)cc2)nnc1SCC(=O)Nc1cccc(C(=O)OCCCC)c1. The molecule has 2 aromatic carbocycles. The van der Waals surface area contributed by atoms with Crippen molar-refractivity contribution in [3.63, 3.8) is 0 Å². The van der Waals surface area contributed by atoms with Crippen molar-refractivity contribution in [2.24, 2.45) is 0 Å². The summed E-state index contributed by atoms with van der Waals surface area (Å²) in [6, 6.07) is 15.1. The molecule has 0 bridgehead atoms. The summed E-state index contributed by atoms with van der Waals surface area (Å²) in [7, 11) is 0. The van der Waals surface area contributed by atoms with Gasteiger partial charge < -0.3 is 14.6 Å². The molecule has 1 aromatic heterocycles. The summed E-state index contributed by atoms with van der Waals surface area (Å²) < 4.78 is 7.21. The van der Waals surface area contributed by atoms with Crippen LogP contribution in [0.15, 0.2) is 71.2 Å². The molecule has 1 amide bonds. The van der Waals surface area contributed by atoms with Crippen LogP contribution in [0.4, 0.5) is 5.69 Å². The number of unbranched alkanes of at least 4 members (excludes halogenated alkanes) is 1. The minimum absolute atomic E-state index is 0.158. The number of hydrogen-bond acceptors (Lipinski definition) is 7. The Hall–Kier alpha value is -3.04. The highest BCUT2D eigenvalue weighted by molar-refractivity contribution is 7.99. The molecule has 0 fully saturated rings. The predicted molar refractivity (Wildman–Crippen MR) is 142 cm³/mol. The topological polar surface area (TPSA) is 86.1 Å². The van der Waals surface area contributed by atoms with E-state index in [1.54, 1.807) is 42.1 Å². The molecule has 0 spiro atoms. The number of esters is 1. The van der Waals surface area contributed by atoms with E-state index >= 15 is 0 Å². The van der Waals surface area contributed by atoms with E-state index in [0.29, 0.717) is 35.3 Å².